The monoisotopic (exact) mass is 841 g/mol. The summed E-state index contributed by atoms with van der Waals surface area (Å²) in [6, 6.07) is 10.7. The molecule has 0 fully saturated rings. The molecule has 0 bridgehead atoms. The van der Waals surface area contributed by atoms with E-state index in [-0.39, 0.29) is 28.7 Å². The molecule has 0 spiro atoms. The number of hydrogen-bond acceptors (Lipinski definition) is 10. The van der Waals surface area contributed by atoms with Gasteiger partial charge in [0.1, 0.15) is 4.70 Å². The predicted molar refractivity (Wildman–Crippen MR) is 217 cm³/mol. The van der Waals surface area contributed by atoms with E-state index < -0.39 is 31.9 Å². The van der Waals surface area contributed by atoms with Gasteiger partial charge in [0.15, 0.2) is 12.3 Å². The van der Waals surface area contributed by atoms with Crippen LogP contribution in [-0.4, -0.2) is 74.6 Å². The number of aryl methyl sites for hydroxylation is 1. The smallest absolute Gasteiger partial charge is 0.320 e. The van der Waals surface area contributed by atoms with Crippen LogP contribution >= 0.6 is 23.1 Å². The van der Waals surface area contributed by atoms with Crippen LogP contribution in [0.15, 0.2) is 86.7 Å². The maximum atomic E-state index is 12.0. The fraction of sp³-hybridized carbons (Fsp3) is 0.385. The number of thioether (sulfide) groups is 1. The van der Waals surface area contributed by atoms with E-state index in [2.05, 4.69) is 59.3 Å². The van der Waals surface area contributed by atoms with Crippen molar-refractivity contribution in [2.24, 2.45) is 5.41 Å². The average molecular weight is 842 g/mol. The number of amides is 2. The van der Waals surface area contributed by atoms with Crippen LogP contribution in [-0.2, 0) is 47.5 Å². The van der Waals surface area contributed by atoms with Gasteiger partial charge in [0.2, 0.25) is 15.5 Å². The summed E-state index contributed by atoms with van der Waals surface area (Å²) in [5.41, 5.74) is 5.08. The normalized spacial score (nSPS) is 18.5. The van der Waals surface area contributed by atoms with E-state index in [0.29, 0.717) is 25.9 Å². The van der Waals surface area contributed by atoms with Crippen molar-refractivity contribution < 1.29 is 45.4 Å². The van der Waals surface area contributed by atoms with E-state index >= 15 is 0 Å². The van der Waals surface area contributed by atoms with Crippen molar-refractivity contribution in [1.82, 2.24) is 9.62 Å². The summed E-state index contributed by atoms with van der Waals surface area (Å²) in [5, 5.41) is 10.9. The van der Waals surface area contributed by atoms with E-state index in [9.17, 15) is 35.8 Å². The first-order valence-electron chi connectivity index (χ1n) is 18.3. The molecule has 2 aliphatic heterocycles. The lowest BCUT2D eigenvalue weighted by molar-refractivity contribution is -0.669. The predicted octanol–water partition coefficient (Wildman–Crippen LogP) is 5.68. The zero-order valence-electron chi connectivity index (χ0n) is 31.4. The number of unbranched alkanes of at least 4 members (excludes halogenated alkanes) is 2. The standard InChI is InChI=1S/C39H44N4O9S4/c1-4-41-30-10-8-26(14-15-40-55(48,49)25-38(46)47)19-32(30)53-36(41)20-27-18-28(24-39(2,3)23-27)21-37-42(16-6-5-7-17-43-34(44)12-13-35(43)45)31-11-9-29(56(50,51)52)22-33(31)54-37/h8-13,18-22,40H,4-7,14-17,23-25H2,1-3H3,(H-,46,47,50,51,52)/p+1. The zero-order chi connectivity index (χ0) is 40.4. The highest BCUT2D eigenvalue weighted by Crippen LogP contribution is 2.48. The largest absolute Gasteiger partial charge is 0.480 e. The number of aromatic nitrogens is 1. The highest BCUT2D eigenvalue weighted by Gasteiger charge is 2.30. The molecular weight excluding hydrogens is 797 g/mol. The van der Waals surface area contributed by atoms with Crippen LogP contribution in [0.3, 0.4) is 0 Å². The summed E-state index contributed by atoms with van der Waals surface area (Å²) in [6.07, 6.45) is 13.5. The van der Waals surface area contributed by atoms with Crippen LogP contribution in [0.2, 0.25) is 0 Å². The van der Waals surface area contributed by atoms with Gasteiger partial charge in [-0.3, -0.25) is 23.8 Å². The summed E-state index contributed by atoms with van der Waals surface area (Å²) in [4.78, 5) is 39.2. The number of thiazole rings is 1. The Bertz CT molecular complexity index is 2410. The van der Waals surface area contributed by atoms with Gasteiger partial charge in [0.25, 0.3) is 26.9 Å². The molecule has 3 aliphatic rings. The highest BCUT2D eigenvalue weighted by molar-refractivity contribution is 8.03. The molecule has 13 nitrogen and oxygen atoms in total. The zero-order valence-corrected chi connectivity index (χ0v) is 34.6. The Morgan fingerprint density at radius 1 is 0.982 bits per heavy atom. The molecule has 2 amide bonds. The number of benzene rings is 2. The van der Waals surface area contributed by atoms with E-state index in [4.69, 9.17) is 5.11 Å². The summed E-state index contributed by atoms with van der Waals surface area (Å²) in [7, 11) is -8.29. The molecule has 0 atom stereocenters. The molecule has 17 heteroatoms. The van der Waals surface area contributed by atoms with Crippen LogP contribution in [0, 0.1) is 5.41 Å². The number of anilines is 1. The minimum absolute atomic E-state index is 0.0553. The number of carbonyl (C=O) groups is 3. The topological polar surface area (TPSA) is 182 Å². The van der Waals surface area contributed by atoms with Crippen LogP contribution in [0.25, 0.3) is 16.3 Å². The number of hydrogen-bond donors (Lipinski definition) is 3. The molecule has 3 heterocycles. The molecule has 0 unspecified atom stereocenters. The molecule has 1 aromatic heterocycles. The maximum absolute atomic E-state index is 12.0. The lowest BCUT2D eigenvalue weighted by Gasteiger charge is -2.31. The number of allylic oxidation sites excluding steroid dienone is 4. The molecule has 2 aromatic carbocycles. The Morgan fingerprint density at radius 3 is 2.43 bits per heavy atom. The molecule has 298 valence electrons. The van der Waals surface area contributed by atoms with Crippen molar-refractivity contribution in [3.05, 3.63) is 87.4 Å². The fourth-order valence-electron chi connectivity index (χ4n) is 7.27. The maximum Gasteiger partial charge on any atom is 0.320 e. The van der Waals surface area contributed by atoms with Gasteiger partial charge in [-0.05, 0) is 91.5 Å². The first-order chi connectivity index (χ1) is 26.4. The number of fused-ring (bicyclic) bond motifs is 2. The molecule has 6 rings (SSSR count). The van der Waals surface area contributed by atoms with Crippen LogP contribution in [0.1, 0.15) is 63.4 Å². The Hall–Kier alpha value is -4.13. The van der Waals surface area contributed by atoms with E-state index in [0.717, 1.165) is 79.8 Å². The quantitative estimate of drug-likeness (QED) is 0.0699. The fourth-order valence-corrected chi connectivity index (χ4v) is 11.2. The summed E-state index contributed by atoms with van der Waals surface area (Å²) in [6.45, 7) is 8.39. The second-order valence-electron chi connectivity index (χ2n) is 14.8. The van der Waals surface area contributed by atoms with Gasteiger partial charge in [-0.15, -0.1) is 0 Å². The summed E-state index contributed by atoms with van der Waals surface area (Å²) in [5.74, 6) is -2.95. The summed E-state index contributed by atoms with van der Waals surface area (Å²) >= 11 is 3.11. The van der Waals surface area contributed by atoms with Gasteiger partial charge in [0, 0.05) is 55.2 Å². The molecular formula is C39H45N4O9S4+. The Labute approximate surface area is 335 Å². The third-order valence-electron chi connectivity index (χ3n) is 9.68. The number of sulfonamides is 1. The minimum Gasteiger partial charge on any atom is -0.480 e. The van der Waals surface area contributed by atoms with Crippen molar-refractivity contribution in [2.45, 2.75) is 75.6 Å². The van der Waals surface area contributed by atoms with Crippen LogP contribution in [0.5, 0.6) is 0 Å². The molecule has 3 N–H and O–H groups in total. The first kappa shape index (κ1) is 41.5. The van der Waals surface area contributed by atoms with Crippen LogP contribution in [0.4, 0.5) is 5.69 Å². The molecule has 0 radical (unpaired) electrons. The summed E-state index contributed by atoms with van der Waals surface area (Å²) < 4.78 is 62.9. The van der Waals surface area contributed by atoms with Gasteiger partial charge in [-0.2, -0.15) is 13.0 Å². The number of carboxylic acids is 1. The van der Waals surface area contributed by atoms with Gasteiger partial charge in [0.05, 0.1) is 15.6 Å². The number of carboxylic acid groups (broad SMARTS) is 1. The van der Waals surface area contributed by atoms with Crippen molar-refractivity contribution in [3.8, 4) is 0 Å². The van der Waals surface area contributed by atoms with Gasteiger partial charge in [-0.25, -0.2) is 13.1 Å². The SMILES string of the molecule is CCN1C(=CC2=CC(=Cc3sc4cc(S(=O)(=O)O)ccc4[n+]3CCCCCN3C(=O)C=CC3=O)CC(C)(C)C2)Sc2cc(CCNS(=O)(=O)CC(=O)O)ccc21. The lowest BCUT2D eigenvalue weighted by Crippen LogP contribution is -2.35. The van der Waals surface area contributed by atoms with Crippen molar-refractivity contribution in [2.75, 3.05) is 30.3 Å². The van der Waals surface area contributed by atoms with Crippen molar-refractivity contribution in [3.63, 3.8) is 0 Å². The number of rotatable bonds is 16. The number of aliphatic carboxylic acids is 1. The molecule has 3 aromatic rings. The van der Waals surface area contributed by atoms with E-state index in [1.54, 1.807) is 17.8 Å². The highest BCUT2D eigenvalue weighted by atomic mass is 32.2. The number of imide groups is 1. The van der Waals surface area contributed by atoms with E-state index in [1.165, 1.54) is 40.5 Å². The first-order valence-corrected chi connectivity index (χ1v) is 23.0. The number of nitrogens with zero attached hydrogens (tertiary/aromatic N) is 3. The van der Waals surface area contributed by atoms with Crippen molar-refractivity contribution >= 4 is 83.0 Å². The second kappa shape index (κ2) is 16.8. The molecule has 56 heavy (non-hydrogen) atoms. The van der Waals surface area contributed by atoms with Crippen LogP contribution < -0.4 is 14.2 Å². The Morgan fingerprint density at radius 2 is 1.73 bits per heavy atom. The molecule has 0 saturated carbocycles. The van der Waals surface area contributed by atoms with Gasteiger partial charge in [-0.1, -0.05) is 49.1 Å². The van der Waals surface area contributed by atoms with Gasteiger partial charge >= 0.3 is 5.97 Å². The minimum atomic E-state index is -4.39. The van der Waals surface area contributed by atoms with E-state index in [1.807, 2.05) is 12.1 Å². The average Bonchev–Trinajstić information content (AvgIpc) is 3.73. The third kappa shape index (κ3) is 10.0. The second-order valence-corrected chi connectivity index (χ2v) is 20.2. The molecule has 0 saturated heterocycles. The number of nitrogens with one attached hydrogen (secondary N) is 1. The lowest BCUT2D eigenvalue weighted by atomic mass is 9.75. The van der Waals surface area contributed by atoms with Crippen molar-refractivity contribution in [1.29, 1.82) is 0 Å². The molecule has 1 aliphatic carbocycles. The Balaban J connectivity index is 1.24. The number of carbonyl (C=O) groups excluding carboxylic acids is 2. The third-order valence-corrected chi connectivity index (χ3v) is 14.0. The Kier molecular flexibility index (Phi) is 12.4. The van der Waals surface area contributed by atoms with Gasteiger partial charge < -0.3 is 10.0 Å².